The number of fused-ring (bicyclic) bond motifs is 2. The van der Waals surface area contributed by atoms with Crippen molar-refractivity contribution >= 4 is 51.3 Å². The Morgan fingerprint density at radius 1 is 0.630 bits per heavy atom. The van der Waals surface area contributed by atoms with Crippen molar-refractivity contribution in [3.63, 3.8) is 0 Å². The smallest absolute Gasteiger partial charge is 0.320 e. The number of esters is 3. The molecule has 0 atom stereocenters. The van der Waals surface area contributed by atoms with Crippen molar-refractivity contribution in [1.82, 2.24) is 20.1 Å². The van der Waals surface area contributed by atoms with Crippen molar-refractivity contribution in [2.24, 2.45) is 0 Å². The second-order valence-electron chi connectivity index (χ2n) is 10.7. The monoisotopic (exact) mass is 637 g/mol. The molecule has 12 nitrogen and oxygen atoms in total. The van der Waals surface area contributed by atoms with Crippen molar-refractivity contribution in [3.05, 3.63) is 48.5 Å². The average molecular weight is 638 g/mol. The maximum absolute atomic E-state index is 12.8. The molecular weight excluding hydrogens is 590 g/mol. The Morgan fingerprint density at radius 3 is 1.59 bits per heavy atom. The molecule has 2 N–H and O–H groups in total. The maximum atomic E-state index is 12.8. The molecule has 1 heterocycles. The van der Waals surface area contributed by atoms with Gasteiger partial charge in [-0.05, 0) is 52.2 Å². The van der Waals surface area contributed by atoms with E-state index < -0.39 is 17.9 Å². The van der Waals surface area contributed by atoms with Crippen molar-refractivity contribution in [2.75, 3.05) is 77.5 Å². The fraction of sp³-hybridized carbons (Fsp3) is 0.500. The Labute approximate surface area is 270 Å². The summed E-state index contributed by atoms with van der Waals surface area (Å²) in [4.78, 5) is 57.2. The fourth-order valence-corrected chi connectivity index (χ4v) is 5.04. The second-order valence-corrected chi connectivity index (χ2v) is 10.7. The van der Waals surface area contributed by atoms with E-state index in [1.807, 2.05) is 36.4 Å². The number of amides is 1. The quantitative estimate of drug-likeness (QED) is 0.0769. The van der Waals surface area contributed by atoms with Gasteiger partial charge in [0.25, 0.3) is 0 Å². The molecule has 0 fully saturated rings. The van der Waals surface area contributed by atoms with Crippen LogP contribution >= 0.6 is 0 Å². The number of para-hydroxylation sites is 2. The van der Waals surface area contributed by atoms with Crippen molar-refractivity contribution < 1.29 is 33.4 Å². The molecule has 0 aliphatic carbocycles. The van der Waals surface area contributed by atoms with Gasteiger partial charge >= 0.3 is 17.9 Å². The van der Waals surface area contributed by atoms with E-state index in [4.69, 9.17) is 19.2 Å². The summed E-state index contributed by atoms with van der Waals surface area (Å²) in [6.45, 7) is 7.19. The van der Waals surface area contributed by atoms with E-state index in [1.165, 1.54) is 0 Å². The number of rotatable bonds is 21. The Kier molecular flexibility index (Phi) is 15.7. The van der Waals surface area contributed by atoms with Gasteiger partial charge in [-0.1, -0.05) is 36.4 Å². The van der Waals surface area contributed by atoms with E-state index in [0.29, 0.717) is 6.54 Å². The van der Waals surface area contributed by atoms with Gasteiger partial charge in [0.05, 0.1) is 62.7 Å². The summed E-state index contributed by atoms with van der Waals surface area (Å²) in [7, 11) is 0. The van der Waals surface area contributed by atoms with E-state index in [1.54, 1.807) is 30.6 Å². The molecule has 1 aromatic heterocycles. The van der Waals surface area contributed by atoms with Gasteiger partial charge in [-0.15, -0.1) is 0 Å². The molecule has 3 aromatic rings. The number of ether oxygens (including phenoxy) is 3. The number of anilines is 1. The molecule has 46 heavy (non-hydrogen) atoms. The number of pyridine rings is 1. The van der Waals surface area contributed by atoms with Crippen LogP contribution in [0.5, 0.6) is 0 Å². The molecule has 250 valence electrons. The van der Waals surface area contributed by atoms with Gasteiger partial charge in [0, 0.05) is 37.0 Å². The minimum atomic E-state index is -0.473. The van der Waals surface area contributed by atoms with E-state index >= 15 is 0 Å². The molecule has 0 bridgehead atoms. The minimum Gasteiger partial charge on any atom is -0.465 e. The van der Waals surface area contributed by atoms with Crippen LogP contribution in [0.4, 0.5) is 5.69 Å². The molecule has 0 aliphatic rings. The Bertz CT molecular complexity index is 1360. The third-order valence-corrected chi connectivity index (χ3v) is 7.14. The van der Waals surface area contributed by atoms with Gasteiger partial charge in [-0.3, -0.25) is 29.0 Å². The molecular formula is C34H47N5O7. The zero-order valence-corrected chi connectivity index (χ0v) is 27.2. The highest BCUT2D eigenvalue weighted by Crippen LogP contribution is 2.30. The SMILES string of the molecule is CCOC(=O)CN(CCN(CC(=O)OCC)CC(=O)OCC)CC(=O)NCCCCCNc1c2ccccc2nc2ccccc12. The molecule has 1 amide bonds. The zero-order valence-electron chi connectivity index (χ0n) is 27.2. The summed E-state index contributed by atoms with van der Waals surface area (Å²) in [6, 6.07) is 16.2. The van der Waals surface area contributed by atoms with Crippen LogP contribution in [0.3, 0.4) is 0 Å². The first kappa shape index (κ1) is 36.2. The molecule has 0 saturated heterocycles. The largest absolute Gasteiger partial charge is 0.465 e. The molecule has 0 saturated carbocycles. The number of carbonyl (C=O) groups is 4. The first-order valence-corrected chi connectivity index (χ1v) is 16.0. The van der Waals surface area contributed by atoms with Crippen LogP contribution in [0.1, 0.15) is 40.0 Å². The van der Waals surface area contributed by atoms with Crippen molar-refractivity contribution in [2.45, 2.75) is 40.0 Å². The van der Waals surface area contributed by atoms with Crippen LogP contribution < -0.4 is 10.6 Å². The van der Waals surface area contributed by atoms with Gasteiger partial charge in [0.2, 0.25) is 5.91 Å². The van der Waals surface area contributed by atoms with Crippen LogP contribution in [0.15, 0.2) is 48.5 Å². The number of unbranched alkanes of at least 4 members (excludes halogenated alkanes) is 2. The van der Waals surface area contributed by atoms with Crippen molar-refractivity contribution in [3.8, 4) is 0 Å². The van der Waals surface area contributed by atoms with Gasteiger partial charge < -0.3 is 24.8 Å². The summed E-state index contributed by atoms with van der Waals surface area (Å²) in [6.07, 6.45) is 2.64. The molecule has 2 aromatic carbocycles. The highest BCUT2D eigenvalue weighted by molar-refractivity contribution is 6.07. The lowest BCUT2D eigenvalue weighted by molar-refractivity contribution is -0.149. The molecule has 0 spiro atoms. The van der Waals surface area contributed by atoms with E-state index in [2.05, 4.69) is 22.8 Å². The average Bonchev–Trinajstić information content (AvgIpc) is 3.02. The Morgan fingerprint density at radius 2 is 1.09 bits per heavy atom. The summed E-state index contributed by atoms with van der Waals surface area (Å²) in [5.74, 6) is -1.63. The first-order chi connectivity index (χ1) is 22.3. The molecule has 0 unspecified atom stereocenters. The zero-order chi connectivity index (χ0) is 33.1. The van der Waals surface area contributed by atoms with Gasteiger partial charge in [0.1, 0.15) is 0 Å². The highest BCUT2D eigenvalue weighted by Gasteiger charge is 2.20. The van der Waals surface area contributed by atoms with Gasteiger partial charge in [-0.2, -0.15) is 0 Å². The number of carbonyl (C=O) groups excluding carboxylic acids is 4. The van der Waals surface area contributed by atoms with Crippen LogP contribution in [-0.2, 0) is 33.4 Å². The topological polar surface area (TPSA) is 139 Å². The number of hydrogen-bond acceptors (Lipinski definition) is 11. The molecule has 12 heteroatoms. The number of nitrogens with one attached hydrogen (secondary N) is 2. The summed E-state index contributed by atoms with van der Waals surface area (Å²) in [5, 5.41) is 8.72. The van der Waals surface area contributed by atoms with Crippen LogP contribution in [0, 0.1) is 0 Å². The standard InChI is InChI=1S/C34H47N5O7/c1-4-44-31(41)23-38(20-21-39(24-32(42)45-5-2)25-33(43)46-6-3)22-30(40)35-18-12-7-13-19-36-34-26-14-8-10-16-28(26)37-29-17-11-9-15-27(29)34/h8-11,14-17H,4-7,12-13,18-25H2,1-3H3,(H,35,40)(H,36,37). The summed E-state index contributed by atoms with van der Waals surface area (Å²) in [5.41, 5.74) is 2.99. The van der Waals surface area contributed by atoms with Crippen LogP contribution in [-0.4, -0.2) is 111 Å². The maximum Gasteiger partial charge on any atom is 0.320 e. The fourth-order valence-electron chi connectivity index (χ4n) is 5.04. The number of benzene rings is 2. The first-order valence-electron chi connectivity index (χ1n) is 16.0. The van der Waals surface area contributed by atoms with Crippen molar-refractivity contribution in [1.29, 1.82) is 0 Å². The van der Waals surface area contributed by atoms with Crippen LogP contribution in [0.2, 0.25) is 0 Å². The van der Waals surface area contributed by atoms with E-state index in [0.717, 1.165) is 53.3 Å². The lowest BCUT2D eigenvalue weighted by Gasteiger charge is -2.25. The lowest BCUT2D eigenvalue weighted by Crippen LogP contribution is -2.46. The third-order valence-electron chi connectivity index (χ3n) is 7.14. The third kappa shape index (κ3) is 12.2. The summed E-state index contributed by atoms with van der Waals surface area (Å²) < 4.78 is 15.1. The number of aromatic nitrogens is 1. The normalized spacial score (nSPS) is 11.2. The predicted octanol–water partition coefficient (Wildman–Crippen LogP) is 3.38. The minimum absolute atomic E-state index is 0.0325. The van der Waals surface area contributed by atoms with Gasteiger partial charge in [0.15, 0.2) is 0 Å². The molecule has 0 radical (unpaired) electrons. The predicted molar refractivity (Wildman–Crippen MR) is 177 cm³/mol. The number of hydrogen-bond donors (Lipinski definition) is 2. The molecule has 3 rings (SSSR count). The lowest BCUT2D eigenvalue weighted by atomic mass is 10.1. The Balaban J connectivity index is 1.46. The molecule has 0 aliphatic heterocycles. The van der Waals surface area contributed by atoms with E-state index in [-0.39, 0.29) is 65.0 Å². The van der Waals surface area contributed by atoms with Crippen LogP contribution in [0.25, 0.3) is 21.8 Å². The number of nitrogens with zero attached hydrogens (tertiary/aromatic N) is 3. The second kappa shape index (κ2) is 20.0. The van der Waals surface area contributed by atoms with E-state index in [9.17, 15) is 19.2 Å². The van der Waals surface area contributed by atoms with Gasteiger partial charge in [-0.25, -0.2) is 4.98 Å². The summed E-state index contributed by atoms with van der Waals surface area (Å²) >= 11 is 0. The highest BCUT2D eigenvalue weighted by atomic mass is 16.5. The Hall–Kier alpha value is -4.29.